The van der Waals surface area contributed by atoms with E-state index in [4.69, 9.17) is 4.74 Å². The molecule has 2 aromatic rings. The van der Waals surface area contributed by atoms with Gasteiger partial charge in [-0.2, -0.15) is 0 Å². The van der Waals surface area contributed by atoms with Crippen molar-refractivity contribution in [1.82, 2.24) is 0 Å². The molecule has 2 rings (SSSR count). The van der Waals surface area contributed by atoms with Crippen molar-refractivity contribution in [2.24, 2.45) is 0 Å². The zero-order valence-corrected chi connectivity index (χ0v) is 11.2. The van der Waals surface area contributed by atoms with Gasteiger partial charge in [0, 0.05) is 11.8 Å². The summed E-state index contributed by atoms with van der Waals surface area (Å²) in [5, 5.41) is 11.7. The second-order valence-corrected chi connectivity index (χ2v) is 4.94. The van der Waals surface area contributed by atoms with Crippen molar-refractivity contribution in [3.63, 3.8) is 0 Å². The van der Waals surface area contributed by atoms with Gasteiger partial charge in [0.05, 0.1) is 12.2 Å². The van der Waals surface area contributed by atoms with E-state index in [1.807, 2.05) is 25.1 Å². The number of ether oxygens (including phenoxy) is 1. The first-order valence-corrected chi connectivity index (χ1v) is 6.41. The molecule has 2 heteroatoms. The Morgan fingerprint density at radius 2 is 1.72 bits per heavy atom. The van der Waals surface area contributed by atoms with Gasteiger partial charge in [0.1, 0.15) is 5.75 Å². The fraction of sp³-hybridized carbons (Fsp3) is 0.375. The van der Waals surface area contributed by atoms with Crippen LogP contribution in [0.3, 0.4) is 0 Å². The Bertz CT molecular complexity index is 532. The van der Waals surface area contributed by atoms with Gasteiger partial charge in [-0.25, -0.2) is 0 Å². The van der Waals surface area contributed by atoms with Crippen molar-refractivity contribution in [1.29, 1.82) is 0 Å². The van der Waals surface area contributed by atoms with E-state index in [1.165, 1.54) is 10.9 Å². The molecule has 0 spiro atoms. The Balaban J connectivity index is 2.31. The first-order valence-electron chi connectivity index (χ1n) is 6.41. The van der Waals surface area contributed by atoms with Gasteiger partial charge in [0.2, 0.25) is 0 Å². The van der Waals surface area contributed by atoms with Crippen molar-refractivity contribution >= 4 is 10.8 Å². The zero-order valence-electron chi connectivity index (χ0n) is 11.2. The maximum Gasteiger partial charge on any atom is 0.127 e. The van der Waals surface area contributed by atoms with Gasteiger partial charge in [-0.05, 0) is 37.8 Å². The largest absolute Gasteiger partial charge is 0.490 e. The standard InChI is InChI=1S/C16H20O2/c1-11-8-9-16(18-13(3)10-12(2)17)15-7-5-4-6-14(11)15/h4-9,12-13,17H,10H2,1-3H3/t12-,13-/m0/s1. The molecule has 0 aromatic heterocycles. The number of benzene rings is 2. The highest BCUT2D eigenvalue weighted by atomic mass is 16.5. The van der Waals surface area contributed by atoms with Crippen LogP contribution < -0.4 is 4.74 Å². The highest BCUT2D eigenvalue weighted by Crippen LogP contribution is 2.29. The predicted octanol–water partition coefficient (Wildman–Crippen LogP) is 3.69. The lowest BCUT2D eigenvalue weighted by molar-refractivity contribution is 0.116. The molecule has 0 radical (unpaired) electrons. The number of hydrogen-bond acceptors (Lipinski definition) is 2. The molecule has 0 fully saturated rings. The molecular formula is C16H20O2. The van der Waals surface area contributed by atoms with Crippen LogP contribution in [0.4, 0.5) is 0 Å². The van der Waals surface area contributed by atoms with Crippen LogP contribution in [0.15, 0.2) is 36.4 Å². The van der Waals surface area contributed by atoms with Crippen LogP contribution >= 0.6 is 0 Å². The number of aryl methyl sites for hydroxylation is 1. The minimum atomic E-state index is -0.336. The number of hydrogen-bond donors (Lipinski definition) is 1. The van der Waals surface area contributed by atoms with Gasteiger partial charge in [0.25, 0.3) is 0 Å². The van der Waals surface area contributed by atoms with Crippen LogP contribution in [0, 0.1) is 6.92 Å². The normalized spacial score (nSPS) is 14.4. The molecule has 0 heterocycles. The van der Waals surface area contributed by atoms with Crippen molar-refractivity contribution < 1.29 is 9.84 Å². The van der Waals surface area contributed by atoms with Gasteiger partial charge in [-0.3, -0.25) is 0 Å². The lowest BCUT2D eigenvalue weighted by atomic mass is 10.0. The van der Waals surface area contributed by atoms with Crippen molar-refractivity contribution in [3.8, 4) is 5.75 Å². The molecule has 0 bridgehead atoms. The molecule has 0 aliphatic rings. The molecule has 2 atom stereocenters. The lowest BCUT2D eigenvalue weighted by Gasteiger charge is -2.18. The molecular weight excluding hydrogens is 224 g/mol. The van der Waals surface area contributed by atoms with Crippen molar-refractivity contribution in [3.05, 3.63) is 42.0 Å². The Morgan fingerprint density at radius 3 is 2.39 bits per heavy atom. The van der Waals surface area contributed by atoms with E-state index in [-0.39, 0.29) is 12.2 Å². The first-order chi connectivity index (χ1) is 8.58. The minimum absolute atomic E-state index is 0.0103. The average Bonchev–Trinajstić information content (AvgIpc) is 2.32. The third kappa shape index (κ3) is 2.82. The summed E-state index contributed by atoms with van der Waals surface area (Å²) in [5.74, 6) is 0.893. The molecule has 0 aliphatic carbocycles. The highest BCUT2D eigenvalue weighted by Gasteiger charge is 2.10. The maximum atomic E-state index is 9.38. The molecule has 0 aliphatic heterocycles. The fourth-order valence-corrected chi connectivity index (χ4v) is 2.27. The average molecular weight is 244 g/mol. The number of aliphatic hydroxyl groups is 1. The summed E-state index contributed by atoms with van der Waals surface area (Å²) in [4.78, 5) is 0. The van der Waals surface area contributed by atoms with E-state index >= 15 is 0 Å². The summed E-state index contributed by atoms with van der Waals surface area (Å²) in [6, 6.07) is 12.3. The minimum Gasteiger partial charge on any atom is -0.490 e. The van der Waals surface area contributed by atoms with E-state index in [1.54, 1.807) is 6.92 Å². The van der Waals surface area contributed by atoms with Crippen LogP contribution in [-0.2, 0) is 0 Å². The van der Waals surface area contributed by atoms with E-state index in [9.17, 15) is 5.11 Å². The van der Waals surface area contributed by atoms with Gasteiger partial charge >= 0.3 is 0 Å². The topological polar surface area (TPSA) is 29.5 Å². The summed E-state index contributed by atoms with van der Waals surface area (Å²) < 4.78 is 5.93. The molecule has 2 aromatic carbocycles. The van der Waals surface area contributed by atoms with Gasteiger partial charge in [-0.15, -0.1) is 0 Å². The summed E-state index contributed by atoms with van der Waals surface area (Å²) in [6.07, 6.45) is 0.315. The predicted molar refractivity (Wildman–Crippen MR) is 75.1 cm³/mol. The molecule has 18 heavy (non-hydrogen) atoms. The molecule has 2 nitrogen and oxygen atoms in total. The summed E-state index contributed by atoms with van der Waals surface area (Å²) in [6.45, 7) is 5.87. The van der Waals surface area contributed by atoms with Crippen LogP contribution in [0.5, 0.6) is 5.75 Å². The number of rotatable bonds is 4. The number of fused-ring (bicyclic) bond motifs is 1. The summed E-state index contributed by atoms with van der Waals surface area (Å²) >= 11 is 0. The Hall–Kier alpha value is -1.54. The molecule has 0 unspecified atom stereocenters. The Labute approximate surface area is 108 Å². The first kappa shape index (κ1) is 12.9. The van der Waals surface area contributed by atoms with E-state index in [2.05, 4.69) is 25.1 Å². The molecule has 0 amide bonds. The van der Waals surface area contributed by atoms with E-state index in [0.29, 0.717) is 6.42 Å². The highest BCUT2D eigenvalue weighted by molar-refractivity contribution is 5.90. The molecule has 0 saturated heterocycles. The molecule has 96 valence electrons. The quantitative estimate of drug-likeness (QED) is 0.888. The summed E-state index contributed by atoms with van der Waals surface area (Å²) in [7, 11) is 0. The van der Waals surface area contributed by atoms with Crippen molar-refractivity contribution in [2.75, 3.05) is 0 Å². The molecule has 1 N–H and O–H groups in total. The van der Waals surface area contributed by atoms with Crippen LogP contribution in [0.1, 0.15) is 25.8 Å². The Morgan fingerprint density at radius 1 is 1.06 bits per heavy atom. The summed E-state index contributed by atoms with van der Waals surface area (Å²) in [5.41, 5.74) is 1.25. The van der Waals surface area contributed by atoms with Gasteiger partial charge in [-0.1, -0.05) is 30.3 Å². The fourth-order valence-electron chi connectivity index (χ4n) is 2.27. The monoisotopic (exact) mass is 244 g/mol. The van der Waals surface area contributed by atoms with Crippen LogP contribution in [-0.4, -0.2) is 17.3 Å². The second kappa shape index (κ2) is 5.40. The van der Waals surface area contributed by atoms with Gasteiger partial charge in [0.15, 0.2) is 0 Å². The van der Waals surface area contributed by atoms with Crippen LogP contribution in [0.2, 0.25) is 0 Å². The van der Waals surface area contributed by atoms with Gasteiger partial charge < -0.3 is 9.84 Å². The number of aliphatic hydroxyl groups excluding tert-OH is 1. The lowest BCUT2D eigenvalue weighted by Crippen LogP contribution is -2.18. The third-order valence-corrected chi connectivity index (χ3v) is 3.10. The zero-order chi connectivity index (χ0) is 13.1. The van der Waals surface area contributed by atoms with Crippen LogP contribution in [0.25, 0.3) is 10.8 Å². The van der Waals surface area contributed by atoms with E-state index in [0.717, 1.165) is 11.1 Å². The SMILES string of the molecule is Cc1ccc(O[C@@H](C)C[C@H](C)O)c2ccccc12. The Kier molecular flexibility index (Phi) is 3.87. The van der Waals surface area contributed by atoms with Crippen molar-refractivity contribution in [2.45, 2.75) is 39.4 Å². The third-order valence-electron chi connectivity index (χ3n) is 3.10. The second-order valence-electron chi connectivity index (χ2n) is 4.94. The maximum absolute atomic E-state index is 9.38. The van der Waals surface area contributed by atoms with E-state index < -0.39 is 0 Å². The smallest absolute Gasteiger partial charge is 0.127 e. The molecule has 0 saturated carbocycles.